The summed E-state index contributed by atoms with van der Waals surface area (Å²) in [5.41, 5.74) is 1.35. The van der Waals surface area contributed by atoms with Gasteiger partial charge in [0, 0.05) is 5.02 Å². The summed E-state index contributed by atoms with van der Waals surface area (Å²) < 4.78 is 12.9. The Hall–Kier alpha value is -1.67. The van der Waals surface area contributed by atoms with Crippen LogP contribution in [0.5, 0.6) is 0 Å². The predicted molar refractivity (Wildman–Crippen MR) is 65.4 cm³/mol. The van der Waals surface area contributed by atoms with Gasteiger partial charge in [0.05, 0.1) is 5.92 Å². The van der Waals surface area contributed by atoms with Crippen LogP contribution in [0.15, 0.2) is 48.5 Å². The van der Waals surface area contributed by atoms with Crippen LogP contribution in [-0.2, 0) is 4.79 Å². The maximum Gasteiger partial charge on any atom is 0.211 e. The summed E-state index contributed by atoms with van der Waals surface area (Å²) >= 11 is 5.93. The van der Waals surface area contributed by atoms with Crippen molar-refractivity contribution in [2.75, 3.05) is 0 Å². The van der Waals surface area contributed by atoms with E-state index in [2.05, 4.69) is 0 Å². The van der Waals surface area contributed by atoms with E-state index < -0.39 is 11.7 Å². The topological polar surface area (TPSA) is 17.1 Å². The first-order valence-corrected chi connectivity index (χ1v) is 5.47. The molecule has 1 radical (unpaired) electrons. The van der Waals surface area contributed by atoms with Gasteiger partial charge in [-0.05, 0) is 23.3 Å². The van der Waals surface area contributed by atoms with Gasteiger partial charge in [0.15, 0.2) is 0 Å². The highest BCUT2D eigenvalue weighted by atomic mass is 35.5. The fraction of sp³-hybridized carbons (Fsp3) is 0.0714. The average molecular weight is 248 g/mol. The van der Waals surface area contributed by atoms with E-state index in [1.54, 1.807) is 0 Å². The molecule has 0 spiro atoms. The Labute approximate surface area is 104 Å². The minimum atomic E-state index is -0.579. The summed E-state index contributed by atoms with van der Waals surface area (Å²) in [5.74, 6) is -0.999. The second-order valence-electron chi connectivity index (χ2n) is 3.63. The molecule has 2 aromatic carbocycles. The van der Waals surface area contributed by atoms with E-state index in [4.69, 9.17) is 11.6 Å². The van der Waals surface area contributed by atoms with Crippen LogP contribution in [0.1, 0.15) is 17.0 Å². The summed E-state index contributed by atoms with van der Waals surface area (Å²) in [7, 11) is 0. The van der Waals surface area contributed by atoms with Gasteiger partial charge >= 0.3 is 0 Å². The lowest BCUT2D eigenvalue weighted by Crippen LogP contribution is -2.03. The highest BCUT2D eigenvalue weighted by molar-refractivity contribution is 6.31. The fourth-order valence-corrected chi connectivity index (χ4v) is 1.97. The van der Waals surface area contributed by atoms with Gasteiger partial charge in [0.25, 0.3) is 0 Å². The summed E-state index contributed by atoms with van der Waals surface area (Å²) in [6.07, 6.45) is 1.94. The van der Waals surface area contributed by atoms with Crippen LogP contribution >= 0.6 is 11.6 Å². The van der Waals surface area contributed by atoms with Crippen LogP contribution in [0.4, 0.5) is 4.39 Å². The molecule has 0 bridgehead atoms. The van der Waals surface area contributed by atoms with Crippen molar-refractivity contribution in [3.05, 3.63) is 70.5 Å². The van der Waals surface area contributed by atoms with Gasteiger partial charge in [-0.15, -0.1) is 0 Å². The molecule has 0 fully saturated rings. The van der Waals surface area contributed by atoms with Crippen molar-refractivity contribution >= 4 is 17.9 Å². The number of halogens is 2. The van der Waals surface area contributed by atoms with Crippen LogP contribution in [0.2, 0.25) is 5.02 Å². The van der Waals surface area contributed by atoms with Crippen molar-refractivity contribution < 1.29 is 9.18 Å². The third-order valence-electron chi connectivity index (χ3n) is 2.52. The lowest BCUT2D eigenvalue weighted by atomic mass is 9.93. The van der Waals surface area contributed by atoms with E-state index in [0.717, 1.165) is 5.56 Å². The molecule has 2 rings (SSSR count). The molecular formula is C14H9ClFO. The summed E-state index contributed by atoms with van der Waals surface area (Å²) in [6.45, 7) is 0. The molecule has 0 aliphatic rings. The number of rotatable bonds is 3. The monoisotopic (exact) mass is 247 g/mol. The highest BCUT2D eigenvalue weighted by Gasteiger charge is 2.17. The number of carbonyl (C=O) groups excluding carboxylic acids is 1. The Morgan fingerprint density at radius 2 is 1.82 bits per heavy atom. The zero-order chi connectivity index (χ0) is 12.3. The fourth-order valence-electron chi connectivity index (χ4n) is 1.69. The Morgan fingerprint density at radius 3 is 2.41 bits per heavy atom. The molecule has 85 valence electrons. The minimum absolute atomic E-state index is 0.238. The van der Waals surface area contributed by atoms with Crippen molar-refractivity contribution in [3.8, 4) is 0 Å². The first kappa shape index (κ1) is 11.8. The van der Waals surface area contributed by atoms with Crippen LogP contribution in [0.25, 0.3) is 0 Å². The third kappa shape index (κ3) is 2.53. The van der Waals surface area contributed by atoms with E-state index in [1.165, 1.54) is 18.2 Å². The molecular weight excluding hydrogens is 239 g/mol. The molecule has 0 N–H and O–H groups in total. The van der Waals surface area contributed by atoms with Crippen molar-refractivity contribution in [2.45, 2.75) is 5.92 Å². The zero-order valence-electron chi connectivity index (χ0n) is 8.86. The maximum atomic E-state index is 12.9. The Kier molecular flexibility index (Phi) is 3.55. The third-order valence-corrected chi connectivity index (χ3v) is 2.85. The van der Waals surface area contributed by atoms with Crippen molar-refractivity contribution in [1.82, 2.24) is 0 Å². The molecule has 1 nitrogen and oxygen atoms in total. The van der Waals surface area contributed by atoms with Crippen molar-refractivity contribution in [2.24, 2.45) is 0 Å². The number of hydrogen-bond acceptors (Lipinski definition) is 1. The Balaban J connectivity index is 2.46. The van der Waals surface area contributed by atoms with Crippen LogP contribution < -0.4 is 0 Å². The molecule has 1 unspecified atom stereocenters. The molecule has 17 heavy (non-hydrogen) atoms. The molecule has 2 aromatic rings. The molecule has 0 amide bonds. The smallest absolute Gasteiger partial charge is 0.211 e. The van der Waals surface area contributed by atoms with Crippen LogP contribution in [0, 0.1) is 5.82 Å². The van der Waals surface area contributed by atoms with E-state index in [1.807, 2.05) is 36.6 Å². The lowest BCUT2D eigenvalue weighted by Gasteiger charge is -2.12. The molecule has 3 heteroatoms. The molecule has 0 saturated carbocycles. The van der Waals surface area contributed by atoms with Gasteiger partial charge in [-0.3, -0.25) is 4.79 Å². The number of benzene rings is 2. The Bertz CT molecular complexity index is 525. The summed E-state index contributed by atoms with van der Waals surface area (Å²) in [4.78, 5) is 11.1. The lowest BCUT2D eigenvalue weighted by molar-refractivity contribution is 0.549. The van der Waals surface area contributed by atoms with E-state index >= 15 is 0 Å². The summed E-state index contributed by atoms with van der Waals surface area (Å²) in [5, 5.41) is 0.238. The minimum Gasteiger partial charge on any atom is -0.290 e. The van der Waals surface area contributed by atoms with E-state index in [9.17, 15) is 9.18 Å². The van der Waals surface area contributed by atoms with Gasteiger partial charge in [-0.25, -0.2) is 4.39 Å². The van der Waals surface area contributed by atoms with Gasteiger partial charge in [-0.1, -0.05) is 48.0 Å². The predicted octanol–water partition coefficient (Wildman–Crippen LogP) is 3.72. The van der Waals surface area contributed by atoms with Gasteiger partial charge in [-0.2, -0.15) is 0 Å². The molecule has 0 saturated heterocycles. The molecule has 0 aliphatic heterocycles. The first-order valence-electron chi connectivity index (χ1n) is 5.10. The van der Waals surface area contributed by atoms with E-state index in [0.29, 0.717) is 5.56 Å². The highest BCUT2D eigenvalue weighted by Crippen LogP contribution is 2.29. The molecule has 1 atom stereocenters. The summed E-state index contributed by atoms with van der Waals surface area (Å²) in [6, 6.07) is 13.1. The SMILES string of the molecule is O=[C]C(c1ccccc1)c1ccc(F)cc1Cl. The maximum absolute atomic E-state index is 12.9. The van der Waals surface area contributed by atoms with Gasteiger partial charge in [0.1, 0.15) is 5.82 Å². The number of hydrogen-bond donors (Lipinski definition) is 0. The quantitative estimate of drug-likeness (QED) is 0.808. The van der Waals surface area contributed by atoms with Gasteiger partial charge in [0.2, 0.25) is 6.29 Å². The molecule has 0 heterocycles. The zero-order valence-corrected chi connectivity index (χ0v) is 9.62. The first-order chi connectivity index (χ1) is 8.22. The standard InChI is InChI=1S/C14H9ClFO/c15-14-8-11(16)6-7-12(14)13(9-17)10-4-2-1-3-5-10/h1-8,13H. The molecule has 0 aromatic heterocycles. The second kappa shape index (κ2) is 5.11. The van der Waals surface area contributed by atoms with Crippen molar-refractivity contribution in [1.29, 1.82) is 0 Å². The van der Waals surface area contributed by atoms with Crippen LogP contribution in [-0.4, -0.2) is 6.29 Å². The average Bonchev–Trinajstić information content (AvgIpc) is 2.34. The normalized spacial score (nSPS) is 12.1. The van der Waals surface area contributed by atoms with Gasteiger partial charge < -0.3 is 0 Å². The largest absolute Gasteiger partial charge is 0.290 e. The van der Waals surface area contributed by atoms with Crippen molar-refractivity contribution in [3.63, 3.8) is 0 Å². The second-order valence-corrected chi connectivity index (χ2v) is 4.03. The Morgan fingerprint density at radius 1 is 1.12 bits per heavy atom. The van der Waals surface area contributed by atoms with Crippen LogP contribution in [0.3, 0.4) is 0 Å². The van der Waals surface area contributed by atoms with E-state index in [-0.39, 0.29) is 5.02 Å². The molecule has 0 aliphatic carbocycles.